The van der Waals surface area contributed by atoms with Crippen LogP contribution in [0.4, 0.5) is 13.2 Å². The Kier molecular flexibility index (Phi) is 4.91. The smallest absolute Gasteiger partial charge is 0.389 e. The summed E-state index contributed by atoms with van der Waals surface area (Å²) in [6.07, 6.45) is -1.78. The molecule has 1 aromatic rings. The first-order chi connectivity index (χ1) is 11.2. The SMILES string of the molecule is CC1(O)CCN(C[C@@H]2CCCO[C@H]2c2ccc(C(F)(F)F)cc2)C1. The molecule has 2 aliphatic rings. The summed E-state index contributed by atoms with van der Waals surface area (Å²) in [6.45, 7) is 4.78. The zero-order valence-electron chi connectivity index (χ0n) is 13.9. The van der Waals surface area contributed by atoms with E-state index in [4.69, 9.17) is 4.74 Å². The second-order valence-corrected chi connectivity index (χ2v) is 7.30. The van der Waals surface area contributed by atoms with Gasteiger partial charge in [-0.05, 0) is 43.9 Å². The van der Waals surface area contributed by atoms with Gasteiger partial charge in [0.1, 0.15) is 0 Å². The Labute approximate surface area is 140 Å². The van der Waals surface area contributed by atoms with Gasteiger partial charge in [-0.15, -0.1) is 0 Å². The number of hydrogen-bond donors (Lipinski definition) is 1. The maximum Gasteiger partial charge on any atom is 0.416 e. The summed E-state index contributed by atoms with van der Waals surface area (Å²) < 4.78 is 44.1. The van der Waals surface area contributed by atoms with Crippen molar-refractivity contribution in [3.05, 3.63) is 35.4 Å². The molecule has 0 saturated carbocycles. The number of aliphatic hydroxyl groups is 1. The molecular formula is C18H24F3NO2. The van der Waals surface area contributed by atoms with Gasteiger partial charge in [0.2, 0.25) is 0 Å². The number of nitrogens with zero attached hydrogens (tertiary/aromatic N) is 1. The number of ether oxygens (including phenoxy) is 1. The van der Waals surface area contributed by atoms with E-state index in [0.29, 0.717) is 13.2 Å². The quantitative estimate of drug-likeness (QED) is 0.910. The molecule has 0 spiro atoms. The van der Waals surface area contributed by atoms with Crippen molar-refractivity contribution in [3.8, 4) is 0 Å². The number of benzene rings is 1. The van der Waals surface area contributed by atoms with Crippen LogP contribution in [0.15, 0.2) is 24.3 Å². The van der Waals surface area contributed by atoms with Crippen molar-refractivity contribution in [2.24, 2.45) is 5.92 Å². The van der Waals surface area contributed by atoms with Crippen LogP contribution >= 0.6 is 0 Å². The molecule has 0 aromatic heterocycles. The molecule has 3 atom stereocenters. The van der Waals surface area contributed by atoms with Crippen LogP contribution in [0.25, 0.3) is 0 Å². The van der Waals surface area contributed by atoms with Crippen molar-refractivity contribution in [1.29, 1.82) is 0 Å². The molecule has 3 rings (SSSR count). The molecule has 2 saturated heterocycles. The Morgan fingerprint density at radius 3 is 2.58 bits per heavy atom. The molecule has 3 nitrogen and oxygen atoms in total. The molecule has 134 valence electrons. The van der Waals surface area contributed by atoms with Crippen molar-refractivity contribution >= 4 is 0 Å². The van der Waals surface area contributed by atoms with Gasteiger partial charge in [-0.1, -0.05) is 12.1 Å². The van der Waals surface area contributed by atoms with E-state index in [1.165, 1.54) is 12.1 Å². The zero-order valence-corrected chi connectivity index (χ0v) is 13.9. The predicted octanol–water partition coefficient (Wildman–Crippen LogP) is 3.63. The van der Waals surface area contributed by atoms with Crippen LogP contribution in [-0.4, -0.2) is 41.8 Å². The molecule has 0 amide bonds. The second-order valence-electron chi connectivity index (χ2n) is 7.30. The number of β-amino-alcohol motifs (C(OH)–C–C–N with tert-alkyl or cyclic N) is 1. The molecule has 1 aromatic carbocycles. The minimum absolute atomic E-state index is 0.174. The van der Waals surface area contributed by atoms with E-state index in [-0.39, 0.29) is 12.0 Å². The Bertz CT molecular complexity index is 556. The third kappa shape index (κ3) is 4.10. The third-order valence-electron chi connectivity index (χ3n) is 5.03. The Balaban J connectivity index is 1.70. The van der Waals surface area contributed by atoms with E-state index in [1.54, 1.807) is 0 Å². The van der Waals surface area contributed by atoms with Crippen LogP contribution in [0.3, 0.4) is 0 Å². The normalized spacial score (nSPS) is 32.2. The number of alkyl halides is 3. The fraction of sp³-hybridized carbons (Fsp3) is 0.667. The summed E-state index contributed by atoms with van der Waals surface area (Å²) in [5, 5.41) is 10.1. The molecule has 2 fully saturated rings. The Morgan fingerprint density at radius 1 is 1.29 bits per heavy atom. The molecule has 1 unspecified atom stereocenters. The molecule has 1 N–H and O–H groups in total. The lowest BCUT2D eigenvalue weighted by atomic mass is 9.88. The second kappa shape index (κ2) is 6.65. The fourth-order valence-corrected chi connectivity index (χ4v) is 3.79. The van der Waals surface area contributed by atoms with E-state index in [1.807, 2.05) is 6.92 Å². The lowest BCUT2D eigenvalue weighted by Crippen LogP contribution is -2.36. The molecule has 2 heterocycles. The molecule has 0 bridgehead atoms. The van der Waals surface area contributed by atoms with E-state index in [2.05, 4.69) is 4.90 Å². The number of likely N-dealkylation sites (tertiary alicyclic amines) is 1. The van der Waals surface area contributed by atoms with Crippen molar-refractivity contribution in [2.75, 3.05) is 26.2 Å². The van der Waals surface area contributed by atoms with Crippen LogP contribution in [0.5, 0.6) is 0 Å². The van der Waals surface area contributed by atoms with E-state index in [9.17, 15) is 18.3 Å². The first-order valence-electron chi connectivity index (χ1n) is 8.48. The number of halogens is 3. The average molecular weight is 343 g/mol. The highest BCUT2D eigenvalue weighted by atomic mass is 19.4. The molecular weight excluding hydrogens is 319 g/mol. The van der Waals surface area contributed by atoms with Gasteiger partial charge in [0.15, 0.2) is 0 Å². The topological polar surface area (TPSA) is 32.7 Å². The Hall–Kier alpha value is -1.11. The maximum absolute atomic E-state index is 12.7. The van der Waals surface area contributed by atoms with E-state index >= 15 is 0 Å². The summed E-state index contributed by atoms with van der Waals surface area (Å²) in [6, 6.07) is 5.33. The van der Waals surface area contributed by atoms with Crippen LogP contribution in [-0.2, 0) is 10.9 Å². The van der Waals surface area contributed by atoms with Crippen LogP contribution in [0.2, 0.25) is 0 Å². The van der Waals surface area contributed by atoms with Crippen molar-refractivity contribution in [3.63, 3.8) is 0 Å². The van der Waals surface area contributed by atoms with Gasteiger partial charge in [-0.2, -0.15) is 13.2 Å². The molecule has 0 radical (unpaired) electrons. The monoisotopic (exact) mass is 343 g/mol. The van der Waals surface area contributed by atoms with Gasteiger partial charge >= 0.3 is 6.18 Å². The van der Waals surface area contributed by atoms with Crippen LogP contribution in [0, 0.1) is 5.92 Å². The molecule has 6 heteroatoms. The lowest BCUT2D eigenvalue weighted by molar-refractivity contribution is -0.137. The first-order valence-corrected chi connectivity index (χ1v) is 8.48. The van der Waals surface area contributed by atoms with Gasteiger partial charge in [0.05, 0.1) is 17.3 Å². The minimum Gasteiger partial charge on any atom is -0.389 e. The summed E-state index contributed by atoms with van der Waals surface area (Å²) in [5.41, 5.74) is -0.466. The van der Waals surface area contributed by atoms with Gasteiger partial charge in [-0.25, -0.2) is 0 Å². The highest BCUT2D eigenvalue weighted by molar-refractivity contribution is 5.26. The Morgan fingerprint density at radius 2 is 2.00 bits per heavy atom. The number of rotatable bonds is 3. The molecule has 0 aliphatic carbocycles. The summed E-state index contributed by atoms with van der Waals surface area (Å²) in [5.74, 6) is 0.240. The zero-order chi connectivity index (χ0) is 17.4. The van der Waals surface area contributed by atoms with Gasteiger partial charge in [0.25, 0.3) is 0 Å². The summed E-state index contributed by atoms with van der Waals surface area (Å²) in [7, 11) is 0. The standard InChI is InChI=1S/C18H24F3NO2/c1-17(23)8-9-22(12-17)11-14-3-2-10-24-16(14)13-4-6-15(7-5-13)18(19,20)21/h4-7,14,16,23H,2-3,8-12H2,1H3/t14-,16-,17?/m0/s1. The first kappa shape index (κ1) is 17.7. The largest absolute Gasteiger partial charge is 0.416 e. The highest BCUT2D eigenvalue weighted by Crippen LogP contribution is 2.37. The van der Waals surface area contributed by atoms with Gasteiger partial charge < -0.3 is 9.84 Å². The van der Waals surface area contributed by atoms with Crippen molar-refractivity contribution in [2.45, 2.75) is 44.1 Å². The third-order valence-corrected chi connectivity index (χ3v) is 5.03. The van der Waals surface area contributed by atoms with Crippen LogP contribution in [0.1, 0.15) is 43.4 Å². The fourth-order valence-electron chi connectivity index (χ4n) is 3.79. The predicted molar refractivity (Wildman–Crippen MR) is 84.5 cm³/mol. The van der Waals surface area contributed by atoms with Gasteiger partial charge in [-0.3, -0.25) is 4.90 Å². The maximum atomic E-state index is 12.7. The number of hydrogen-bond acceptors (Lipinski definition) is 3. The molecule has 2 aliphatic heterocycles. The van der Waals surface area contributed by atoms with Crippen molar-refractivity contribution in [1.82, 2.24) is 4.90 Å². The summed E-state index contributed by atoms with van der Waals surface area (Å²) in [4.78, 5) is 2.23. The van der Waals surface area contributed by atoms with Crippen molar-refractivity contribution < 1.29 is 23.0 Å². The summed E-state index contributed by atoms with van der Waals surface area (Å²) >= 11 is 0. The highest BCUT2D eigenvalue weighted by Gasteiger charge is 2.36. The van der Waals surface area contributed by atoms with Crippen LogP contribution < -0.4 is 0 Å². The van der Waals surface area contributed by atoms with E-state index in [0.717, 1.165) is 50.0 Å². The lowest BCUT2D eigenvalue weighted by Gasteiger charge is -2.35. The van der Waals surface area contributed by atoms with Gasteiger partial charge in [0, 0.05) is 32.2 Å². The molecule has 24 heavy (non-hydrogen) atoms. The average Bonchev–Trinajstić information content (AvgIpc) is 2.86. The van der Waals surface area contributed by atoms with E-state index < -0.39 is 17.3 Å². The minimum atomic E-state index is -4.31.